The lowest BCUT2D eigenvalue weighted by Crippen LogP contribution is -2.49. The molecule has 3 aromatic heterocycles. The number of thiophene rings is 1. The van der Waals surface area contributed by atoms with Crippen LogP contribution in [-0.2, 0) is 36.8 Å². The zero-order chi connectivity index (χ0) is 50.5. The number of ether oxygens (including phenoxy) is 9. The van der Waals surface area contributed by atoms with Gasteiger partial charge in [0.1, 0.15) is 65.9 Å². The first kappa shape index (κ1) is 51.4. The van der Waals surface area contributed by atoms with Gasteiger partial charge in [-0.3, -0.25) is 9.69 Å². The van der Waals surface area contributed by atoms with Crippen molar-refractivity contribution in [3.63, 3.8) is 0 Å². The summed E-state index contributed by atoms with van der Waals surface area (Å²) in [6, 6.07) is 24.9. The van der Waals surface area contributed by atoms with Gasteiger partial charge in [-0.25, -0.2) is 24.3 Å². The van der Waals surface area contributed by atoms with E-state index in [1.807, 2.05) is 55.5 Å². The molecule has 0 radical (unpaired) electrons. The number of benzene rings is 4. The van der Waals surface area contributed by atoms with Crippen molar-refractivity contribution in [3.8, 4) is 61.8 Å². The summed E-state index contributed by atoms with van der Waals surface area (Å²) in [6.07, 6.45) is 1.46. The van der Waals surface area contributed by atoms with Crippen molar-refractivity contribution in [3.05, 3.63) is 125 Å². The highest BCUT2D eigenvalue weighted by molar-refractivity contribution is 7.22. The lowest BCUT2D eigenvalue weighted by Gasteiger charge is -2.34. The second-order valence-electron chi connectivity index (χ2n) is 17.4. The molecule has 7 aromatic rings. The van der Waals surface area contributed by atoms with Crippen LogP contribution in [0.4, 0.5) is 4.39 Å². The van der Waals surface area contributed by atoms with Crippen LogP contribution in [0.15, 0.2) is 97.5 Å². The van der Waals surface area contributed by atoms with Gasteiger partial charge in [-0.15, -0.1) is 11.3 Å². The monoisotopic (exact) mass is 1030 g/mol. The average Bonchev–Trinajstić information content (AvgIpc) is 3.79. The van der Waals surface area contributed by atoms with E-state index in [0.717, 1.165) is 47.7 Å². The van der Waals surface area contributed by atoms with Crippen molar-refractivity contribution in [2.45, 2.75) is 32.3 Å². The second kappa shape index (κ2) is 24.9. The lowest BCUT2D eigenvalue weighted by molar-refractivity contribution is -0.147. The van der Waals surface area contributed by atoms with Crippen LogP contribution in [0.2, 0.25) is 5.02 Å². The number of likely N-dealkylation sites (N-methyl/N-ethyl adjacent to an activating group) is 1. The Morgan fingerprint density at radius 3 is 2.45 bits per heavy atom. The number of nitrogens with zero attached hydrogens (tertiary/aromatic N) is 6. The van der Waals surface area contributed by atoms with Crippen LogP contribution in [-0.4, -0.2) is 142 Å². The number of methoxy groups -OCH3 is 1. The van der Waals surface area contributed by atoms with Crippen LogP contribution >= 0.6 is 22.9 Å². The summed E-state index contributed by atoms with van der Waals surface area (Å²) in [6.45, 7) is 9.32. The van der Waals surface area contributed by atoms with Crippen LogP contribution in [0, 0.1) is 12.7 Å². The van der Waals surface area contributed by atoms with E-state index >= 15 is 0 Å². The molecule has 1 saturated heterocycles. The Morgan fingerprint density at radius 2 is 1.64 bits per heavy atom. The molecule has 0 aliphatic carbocycles. The third-order valence-corrected chi connectivity index (χ3v) is 14.0. The zero-order valence-corrected chi connectivity index (χ0v) is 42.4. The van der Waals surface area contributed by atoms with E-state index in [4.69, 9.17) is 59.2 Å². The van der Waals surface area contributed by atoms with Crippen molar-refractivity contribution in [1.29, 1.82) is 0 Å². The lowest BCUT2D eigenvalue weighted by atomic mass is 9.96. The van der Waals surface area contributed by atoms with Gasteiger partial charge >= 0.3 is 0 Å². The number of carbonyl (C=O) groups excluding carboxylic acids is 1. The number of piperazine rings is 1. The Bertz CT molecular complexity index is 2960. The van der Waals surface area contributed by atoms with Crippen molar-refractivity contribution in [2.24, 2.45) is 0 Å². The van der Waals surface area contributed by atoms with Gasteiger partial charge < -0.3 is 47.5 Å². The average molecular weight is 1040 g/mol. The molecular formula is C54H56ClFN6O10S. The number of carbonyl (C=O) groups is 1. The Labute approximate surface area is 431 Å². The van der Waals surface area contributed by atoms with Gasteiger partial charge in [-0.05, 0) is 85.3 Å². The van der Waals surface area contributed by atoms with Crippen LogP contribution < -0.4 is 23.7 Å². The minimum atomic E-state index is -1.20. The Morgan fingerprint density at radius 1 is 0.849 bits per heavy atom. The molecule has 0 saturated carbocycles. The maximum Gasteiger partial charge on any atom is 0.296 e. The number of rotatable bonds is 19. The van der Waals surface area contributed by atoms with E-state index in [-0.39, 0.29) is 31.3 Å². The third-order valence-electron chi connectivity index (χ3n) is 12.3. The van der Waals surface area contributed by atoms with Crippen LogP contribution in [0.5, 0.6) is 28.9 Å². The fourth-order valence-electron chi connectivity index (χ4n) is 8.53. The molecule has 4 aromatic carbocycles. The molecule has 382 valence electrons. The normalized spacial score (nSPS) is 16.3. The third kappa shape index (κ3) is 13.0. The highest BCUT2D eigenvalue weighted by Gasteiger charge is 2.28. The van der Waals surface area contributed by atoms with Crippen molar-refractivity contribution in [2.75, 3.05) is 93.1 Å². The van der Waals surface area contributed by atoms with E-state index in [1.165, 1.54) is 29.8 Å². The summed E-state index contributed by atoms with van der Waals surface area (Å²) in [5, 5.41) is 0.982. The molecule has 10 rings (SSSR count). The molecule has 0 amide bonds. The predicted molar refractivity (Wildman–Crippen MR) is 274 cm³/mol. The minimum Gasteiger partial charge on any atom is -0.490 e. The molecule has 6 heterocycles. The zero-order valence-electron chi connectivity index (χ0n) is 40.8. The maximum absolute atomic E-state index is 14.3. The molecule has 3 aliphatic rings. The molecular weight excluding hydrogens is 979 g/mol. The van der Waals surface area contributed by atoms with E-state index in [9.17, 15) is 9.18 Å². The van der Waals surface area contributed by atoms with Gasteiger partial charge in [-0.2, -0.15) is 0 Å². The molecule has 19 heteroatoms. The van der Waals surface area contributed by atoms with Gasteiger partial charge in [0.25, 0.3) is 6.47 Å². The van der Waals surface area contributed by atoms with Gasteiger partial charge in [0.2, 0.25) is 12.2 Å². The second-order valence-corrected chi connectivity index (χ2v) is 18.7. The van der Waals surface area contributed by atoms with Crippen molar-refractivity contribution in [1.82, 2.24) is 29.7 Å². The van der Waals surface area contributed by atoms with Gasteiger partial charge in [0.15, 0.2) is 5.82 Å². The fourth-order valence-corrected chi connectivity index (χ4v) is 9.89. The number of para-hydroxylation sites is 1. The summed E-state index contributed by atoms with van der Waals surface area (Å²) >= 11 is 8.67. The van der Waals surface area contributed by atoms with Gasteiger partial charge in [0.05, 0.1) is 61.1 Å². The fraction of sp³-hybridized carbons (Fsp3) is 0.352. The molecule has 4 bridgehead atoms. The number of halogens is 2. The number of aromatic nitrogens is 4. The first-order chi connectivity index (χ1) is 35.7. The summed E-state index contributed by atoms with van der Waals surface area (Å²) < 4.78 is 68.8. The molecule has 0 unspecified atom stereocenters. The summed E-state index contributed by atoms with van der Waals surface area (Å²) in [5.74, 6) is 2.34. The van der Waals surface area contributed by atoms with Crippen LogP contribution in [0.3, 0.4) is 0 Å². The van der Waals surface area contributed by atoms with Crippen molar-refractivity contribution >= 4 is 39.6 Å². The standard InChI is InChI=1S/C54H56ClFN6O10S/c1-35-42-13-15-46(50(35)55)71-41(30-62-20-18-61(2)19-21-62)32-68-40-12-14-44(69-31-39-16-17-57-52(60-39)43-6-4-5-7-45(43)67-27-26-66-25-24-65-23-22-64-3)37(28-40)29-47(70-34-63)72-53-49-48(42)51(73-54(49)59-33-58-53)36-8-10-38(56)11-9-36/h4-17,28,33-34,41,47H,18-27,29-32H2,1-3H3/t41-,47-/m1/s1. The van der Waals surface area contributed by atoms with E-state index < -0.39 is 12.4 Å². The first-order valence-electron chi connectivity index (χ1n) is 24.0. The Kier molecular flexibility index (Phi) is 17.6. The van der Waals surface area contributed by atoms with Crippen LogP contribution in [0.25, 0.3) is 43.2 Å². The Hall–Kier alpha value is -6.51. The van der Waals surface area contributed by atoms with E-state index in [1.54, 1.807) is 37.6 Å². The summed E-state index contributed by atoms with van der Waals surface area (Å²) in [5.41, 5.74) is 4.88. The topological polar surface area (TPSA) is 158 Å². The van der Waals surface area contributed by atoms with Gasteiger partial charge in [0, 0.05) is 62.0 Å². The SMILES string of the molecule is COCCOCCOCCOc1ccccc1-c1nccc(COc2ccc3cc2C[C@H](OC=O)Oc2ncnc4sc(-c5ccc(F)cc5)c(c24)-c2ccc(c(Cl)c2C)O[C@H](CN2CCN(C)CC2)CO3)n1. The molecule has 16 nitrogen and oxygen atoms in total. The quantitative estimate of drug-likeness (QED) is 0.0559. The van der Waals surface area contributed by atoms with E-state index in [2.05, 4.69) is 31.8 Å². The maximum atomic E-state index is 14.3. The number of fused-ring (bicyclic) bond motifs is 7. The molecule has 0 N–H and O–H groups in total. The number of hydrogen-bond acceptors (Lipinski definition) is 17. The smallest absolute Gasteiger partial charge is 0.296 e. The Balaban J connectivity index is 1.03. The molecule has 0 spiro atoms. The molecule has 1 fully saturated rings. The first-order valence-corrected chi connectivity index (χ1v) is 25.2. The van der Waals surface area contributed by atoms with Crippen LogP contribution in [0.1, 0.15) is 16.8 Å². The minimum absolute atomic E-state index is 0.0196. The van der Waals surface area contributed by atoms with Crippen molar-refractivity contribution < 1.29 is 51.8 Å². The predicted octanol–water partition coefficient (Wildman–Crippen LogP) is 8.73. The largest absolute Gasteiger partial charge is 0.490 e. The summed E-state index contributed by atoms with van der Waals surface area (Å²) in [4.78, 5) is 37.0. The molecule has 2 atom stereocenters. The highest BCUT2D eigenvalue weighted by atomic mass is 35.5. The van der Waals surface area contributed by atoms with Gasteiger partial charge in [-0.1, -0.05) is 41.9 Å². The molecule has 73 heavy (non-hydrogen) atoms. The number of hydrogen-bond donors (Lipinski definition) is 0. The summed E-state index contributed by atoms with van der Waals surface area (Å²) in [7, 11) is 3.75. The van der Waals surface area contributed by atoms with E-state index in [0.29, 0.717) is 119 Å². The highest BCUT2D eigenvalue weighted by Crippen LogP contribution is 2.50. The molecule has 3 aliphatic heterocycles.